The zero-order valence-electron chi connectivity index (χ0n) is 11.9. The van der Waals surface area contributed by atoms with Crippen LogP contribution in [0.15, 0.2) is 28.8 Å². The van der Waals surface area contributed by atoms with Crippen molar-refractivity contribution in [1.29, 1.82) is 0 Å². The maximum Gasteiger partial charge on any atom is 0.255 e. The molecule has 1 amide bonds. The van der Waals surface area contributed by atoms with Gasteiger partial charge in [-0.05, 0) is 32.9 Å². The molecule has 0 aliphatic carbocycles. The Morgan fingerprint density at radius 1 is 1.45 bits per heavy atom. The summed E-state index contributed by atoms with van der Waals surface area (Å²) in [4.78, 5) is 16.2. The number of amides is 1. The van der Waals surface area contributed by atoms with Crippen molar-refractivity contribution in [3.05, 3.63) is 47.0 Å². The van der Waals surface area contributed by atoms with Crippen molar-refractivity contribution in [2.45, 2.75) is 27.3 Å². The Morgan fingerprint density at radius 2 is 2.25 bits per heavy atom. The van der Waals surface area contributed by atoms with E-state index in [1.54, 1.807) is 19.2 Å². The van der Waals surface area contributed by atoms with Crippen LogP contribution in [0.3, 0.4) is 0 Å². The molecule has 0 radical (unpaired) electrons. The van der Waals surface area contributed by atoms with E-state index in [0.717, 1.165) is 11.3 Å². The average Bonchev–Trinajstić information content (AvgIpc) is 2.77. The van der Waals surface area contributed by atoms with Gasteiger partial charge in [0.05, 0.1) is 12.2 Å². The van der Waals surface area contributed by atoms with Crippen LogP contribution in [0.25, 0.3) is 0 Å². The van der Waals surface area contributed by atoms with Crippen LogP contribution in [0.4, 0.5) is 0 Å². The standard InChI is InChI=1S/C15H18N2O3/c1-4-19-15-12(6-5-7-16-15)9-17-14(18)13-8-10(2)20-11(13)3/h5-8H,4,9H2,1-3H3,(H,17,18). The third kappa shape index (κ3) is 3.17. The number of hydrogen-bond acceptors (Lipinski definition) is 4. The number of aromatic nitrogens is 1. The van der Waals surface area contributed by atoms with Crippen LogP contribution in [-0.4, -0.2) is 17.5 Å². The third-order valence-electron chi connectivity index (χ3n) is 2.86. The quantitative estimate of drug-likeness (QED) is 0.910. The number of rotatable bonds is 5. The maximum absolute atomic E-state index is 12.1. The molecule has 5 heteroatoms. The monoisotopic (exact) mass is 274 g/mol. The van der Waals surface area contributed by atoms with Crippen molar-refractivity contribution in [2.75, 3.05) is 6.61 Å². The molecule has 0 unspecified atom stereocenters. The predicted molar refractivity (Wildman–Crippen MR) is 74.8 cm³/mol. The summed E-state index contributed by atoms with van der Waals surface area (Å²) in [6.45, 7) is 6.40. The highest BCUT2D eigenvalue weighted by Gasteiger charge is 2.14. The maximum atomic E-state index is 12.1. The third-order valence-corrected chi connectivity index (χ3v) is 2.86. The van der Waals surface area contributed by atoms with E-state index in [0.29, 0.717) is 30.4 Å². The topological polar surface area (TPSA) is 64.4 Å². The minimum atomic E-state index is -0.161. The molecule has 0 aliphatic rings. The molecule has 0 spiro atoms. The Labute approximate surface area is 118 Å². The highest BCUT2D eigenvalue weighted by Crippen LogP contribution is 2.16. The van der Waals surface area contributed by atoms with Gasteiger partial charge in [-0.1, -0.05) is 6.07 Å². The van der Waals surface area contributed by atoms with E-state index in [9.17, 15) is 4.79 Å². The van der Waals surface area contributed by atoms with Gasteiger partial charge in [0.25, 0.3) is 5.91 Å². The SMILES string of the molecule is CCOc1ncccc1CNC(=O)c1cc(C)oc1C. The molecule has 0 saturated carbocycles. The number of carbonyl (C=O) groups excluding carboxylic acids is 1. The normalized spacial score (nSPS) is 10.3. The molecule has 0 aliphatic heterocycles. The van der Waals surface area contributed by atoms with Gasteiger partial charge in [-0.3, -0.25) is 4.79 Å². The number of aryl methyl sites for hydroxylation is 2. The van der Waals surface area contributed by atoms with Gasteiger partial charge >= 0.3 is 0 Å². The smallest absolute Gasteiger partial charge is 0.255 e. The summed E-state index contributed by atoms with van der Waals surface area (Å²) in [7, 11) is 0. The Bertz CT molecular complexity index is 605. The highest BCUT2D eigenvalue weighted by atomic mass is 16.5. The highest BCUT2D eigenvalue weighted by molar-refractivity contribution is 5.95. The number of pyridine rings is 1. The largest absolute Gasteiger partial charge is 0.478 e. The number of nitrogens with one attached hydrogen (secondary N) is 1. The molecule has 5 nitrogen and oxygen atoms in total. The van der Waals surface area contributed by atoms with Gasteiger partial charge in [0, 0.05) is 18.3 Å². The summed E-state index contributed by atoms with van der Waals surface area (Å²) in [5.74, 6) is 1.74. The van der Waals surface area contributed by atoms with E-state index < -0.39 is 0 Å². The molecule has 1 N–H and O–H groups in total. The van der Waals surface area contributed by atoms with Gasteiger partial charge in [0.1, 0.15) is 11.5 Å². The lowest BCUT2D eigenvalue weighted by atomic mass is 10.2. The summed E-state index contributed by atoms with van der Waals surface area (Å²) in [6.07, 6.45) is 1.67. The number of ether oxygens (including phenoxy) is 1. The fourth-order valence-electron chi connectivity index (χ4n) is 1.95. The average molecular weight is 274 g/mol. The minimum Gasteiger partial charge on any atom is -0.478 e. The molecular formula is C15H18N2O3. The summed E-state index contributed by atoms with van der Waals surface area (Å²) < 4.78 is 10.8. The summed E-state index contributed by atoms with van der Waals surface area (Å²) in [6, 6.07) is 5.43. The molecule has 2 aromatic rings. The van der Waals surface area contributed by atoms with Crippen LogP contribution in [0.2, 0.25) is 0 Å². The van der Waals surface area contributed by atoms with Crippen LogP contribution in [0.5, 0.6) is 5.88 Å². The summed E-state index contributed by atoms with van der Waals surface area (Å²) >= 11 is 0. The second kappa shape index (κ2) is 6.23. The molecule has 2 rings (SSSR count). The van der Waals surface area contributed by atoms with Gasteiger partial charge in [-0.15, -0.1) is 0 Å². The van der Waals surface area contributed by atoms with Gasteiger partial charge in [-0.2, -0.15) is 0 Å². The zero-order chi connectivity index (χ0) is 14.5. The van der Waals surface area contributed by atoms with Gasteiger partial charge in [0.2, 0.25) is 5.88 Å². The molecule has 106 valence electrons. The first-order chi connectivity index (χ1) is 9.61. The van der Waals surface area contributed by atoms with Gasteiger partial charge < -0.3 is 14.5 Å². The van der Waals surface area contributed by atoms with E-state index in [2.05, 4.69) is 10.3 Å². The Kier molecular flexibility index (Phi) is 4.40. The second-order valence-electron chi connectivity index (χ2n) is 4.41. The van der Waals surface area contributed by atoms with E-state index in [-0.39, 0.29) is 5.91 Å². The Hall–Kier alpha value is -2.30. The molecule has 20 heavy (non-hydrogen) atoms. The molecule has 0 atom stereocenters. The van der Waals surface area contributed by atoms with Crippen LogP contribution < -0.4 is 10.1 Å². The fourth-order valence-corrected chi connectivity index (χ4v) is 1.95. The van der Waals surface area contributed by atoms with Gasteiger partial charge in [-0.25, -0.2) is 4.98 Å². The minimum absolute atomic E-state index is 0.161. The second-order valence-corrected chi connectivity index (χ2v) is 4.41. The van der Waals surface area contributed by atoms with Crippen molar-refractivity contribution < 1.29 is 13.9 Å². The predicted octanol–water partition coefficient (Wildman–Crippen LogP) is 2.62. The van der Waals surface area contributed by atoms with Crippen molar-refractivity contribution >= 4 is 5.91 Å². The lowest BCUT2D eigenvalue weighted by Gasteiger charge is -2.09. The van der Waals surface area contributed by atoms with Crippen LogP contribution in [0, 0.1) is 13.8 Å². The molecule has 2 heterocycles. The van der Waals surface area contributed by atoms with Crippen LogP contribution >= 0.6 is 0 Å². The van der Waals surface area contributed by atoms with Crippen molar-refractivity contribution in [3.63, 3.8) is 0 Å². The Morgan fingerprint density at radius 3 is 2.90 bits per heavy atom. The van der Waals surface area contributed by atoms with Crippen molar-refractivity contribution in [2.24, 2.45) is 0 Å². The summed E-state index contributed by atoms with van der Waals surface area (Å²) in [5, 5.41) is 2.85. The first-order valence-electron chi connectivity index (χ1n) is 6.53. The number of hydrogen-bond donors (Lipinski definition) is 1. The van der Waals surface area contributed by atoms with Crippen LogP contribution in [-0.2, 0) is 6.54 Å². The first kappa shape index (κ1) is 14.1. The number of nitrogens with zero attached hydrogens (tertiary/aromatic N) is 1. The van der Waals surface area contributed by atoms with E-state index in [4.69, 9.17) is 9.15 Å². The van der Waals surface area contributed by atoms with E-state index in [1.807, 2.05) is 26.0 Å². The van der Waals surface area contributed by atoms with Gasteiger partial charge in [0.15, 0.2) is 0 Å². The lowest BCUT2D eigenvalue weighted by Crippen LogP contribution is -2.23. The zero-order valence-corrected chi connectivity index (χ0v) is 11.9. The van der Waals surface area contributed by atoms with Crippen molar-refractivity contribution in [3.8, 4) is 5.88 Å². The molecule has 0 bridgehead atoms. The lowest BCUT2D eigenvalue weighted by molar-refractivity contribution is 0.0949. The molecule has 0 fully saturated rings. The van der Waals surface area contributed by atoms with Crippen LogP contribution in [0.1, 0.15) is 34.4 Å². The molecular weight excluding hydrogens is 256 g/mol. The first-order valence-corrected chi connectivity index (χ1v) is 6.53. The number of carbonyl (C=O) groups is 1. The fraction of sp³-hybridized carbons (Fsp3) is 0.333. The Balaban J connectivity index is 2.05. The van der Waals surface area contributed by atoms with E-state index >= 15 is 0 Å². The summed E-state index contributed by atoms with van der Waals surface area (Å²) in [5.41, 5.74) is 1.41. The molecule has 2 aromatic heterocycles. The van der Waals surface area contributed by atoms with Crippen molar-refractivity contribution in [1.82, 2.24) is 10.3 Å². The van der Waals surface area contributed by atoms with E-state index in [1.165, 1.54) is 0 Å². The molecule has 0 aromatic carbocycles. The molecule has 0 saturated heterocycles. The number of furan rings is 1.